The Hall–Kier alpha value is -6.13. The van der Waals surface area contributed by atoms with E-state index in [-0.39, 0.29) is 0 Å². The van der Waals surface area contributed by atoms with Crippen LogP contribution in [0.15, 0.2) is 158 Å². The lowest BCUT2D eigenvalue weighted by Gasteiger charge is -2.13. The lowest BCUT2D eigenvalue weighted by atomic mass is 9.95. The second-order valence-corrected chi connectivity index (χ2v) is 11.3. The lowest BCUT2D eigenvalue weighted by Crippen LogP contribution is -1.94. The van der Waals surface area contributed by atoms with Gasteiger partial charge in [-0.25, -0.2) is 9.97 Å². The molecule has 0 amide bonds. The van der Waals surface area contributed by atoms with Crippen LogP contribution in [0, 0.1) is 0 Å². The molecule has 0 unspecified atom stereocenters. The minimum atomic E-state index is 0.930. The highest BCUT2D eigenvalue weighted by Gasteiger charge is 2.19. The van der Waals surface area contributed by atoms with Crippen molar-refractivity contribution in [3.05, 3.63) is 158 Å². The monoisotopic (exact) mass is 574 g/mol. The van der Waals surface area contributed by atoms with Gasteiger partial charge in [-0.2, -0.15) is 0 Å². The van der Waals surface area contributed by atoms with E-state index in [0.717, 1.165) is 55.7 Å². The molecule has 45 heavy (non-hydrogen) atoms. The first kappa shape index (κ1) is 25.4. The zero-order valence-electron chi connectivity index (χ0n) is 24.3. The Morgan fingerprint density at radius 3 is 1.87 bits per heavy atom. The van der Waals surface area contributed by atoms with Crippen molar-refractivity contribution < 1.29 is 0 Å². The van der Waals surface area contributed by atoms with Gasteiger partial charge in [-0.15, -0.1) is 0 Å². The first-order valence-corrected chi connectivity index (χ1v) is 15.1. The normalized spacial score (nSPS) is 11.6. The average Bonchev–Trinajstić information content (AvgIpc) is 3.47. The van der Waals surface area contributed by atoms with Crippen LogP contribution in [0.1, 0.15) is 0 Å². The minimum Gasteiger partial charge on any atom is -0.309 e. The largest absolute Gasteiger partial charge is 0.309 e. The van der Waals surface area contributed by atoms with Gasteiger partial charge in [-0.3, -0.25) is 4.98 Å². The first-order valence-electron chi connectivity index (χ1n) is 15.1. The zero-order chi connectivity index (χ0) is 29.7. The maximum Gasteiger partial charge on any atom is 0.0788 e. The number of rotatable bonds is 4. The number of fused-ring (bicyclic) bond motifs is 7. The molecule has 0 fully saturated rings. The Bertz CT molecular complexity index is 2520. The third-order valence-electron chi connectivity index (χ3n) is 8.69. The van der Waals surface area contributed by atoms with Gasteiger partial charge in [0.15, 0.2) is 0 Å². The summed E-state index contributed by atoms with van der Waals surface area (Å²) in [4.78, 5) is 14.3. The molecular weight excluding hydrogens is 548 g/mol. The van der Waals surface area contributed by atoms with Crippen LogP contribution in [-0.2, 0) is 0 Å². The summed E-state index contributed by atoms with van der Waals surface area (Å²) in [6.07, 6.45) is 3.60. The van der Waals surface area contributed by atoms with E-state index in [2.05, 4.69) is 137 Å². The third kappa shape index (κ3) is 4.11. The van der Waals surface area contributed by atoms with Gasteiger partial charge in [-0.1, -0.05) is 91.0 Å². The summed E-state index contributed by atoms with van der Waals surface area (Å²) in [6.45, 7) is 0. The summed E-state index contributed by atoms with van der Waals surface area (Å²) in [6, 6.07) is 51.1. The molecule has 0 saturated heterocycles. The van der Waals surface area contributed by atoms with Crippen LogP contribution in [0.25, 0.3) is 82.9 Å². The fourth-order valence-corrected chi connectivity index (χ4v) is 6.65. The van der Waals surface area contributed by atoms with E-state index in [1.807, 2.05) is 18.2 Å². The predicted molar refractivity (Wildman–Crippen MR) is 185 cm³/mol. The highest BCUT2D eigenvalue weighted by molar-refractivity contribution is 6.29. The molecule has 0 N–H and O–H groups in total. The summed E-state index contributed by atoms with van der Waals surface area (Å²) in [7, 11) is 0. The molecule has 0 spiro atoms. The Morgan fingerprint density at radius 1 is 0.400 bits per heavy atom. The minimum absolute atomic E-state index is 0.930. The van der Waals surface area contributed by atoms with E-state index >= 15 is 0 Å². The van der Waals surface area contributed by atoms with Gasteiger partial charge in [0.1, 0.15) is 0 Å². The van der Waals surface area contributed by atoms with E-state index in [1.165, 1.54) is 27.2 Å². The molecule has 9 rings (SSSR count). The van der Waals surface area contributed by atoms with Crippen LogP contribution in [-0.4, -0.2) is 19.5 Å². The lowest BCUT2D eigenvalue weighted by molar-refractivity contribution is 1.18. The van der Waals surface area contributed by atoms with Gasteiger partial charge in [0.2, 0.25) is 0 Å². The highest BCUT2D eigenvalue weighted by atomic mass is 15.0. The molecule has 0 aliphatic heterocycles. The molecule has 5 aromatic carbocycles. The van der Waals surface area contributed by atoms with Gasteiger partial charge in [0, 0.05) is 61.7 Å². The first-order chi connectivity index (χ1) is 22.3. The van der Waals surface area contributed by atoms with Gasteiger partial charge in [0.25, 0.3) is 0 Å². The molecule has 0 atom stereocenters. The quantitative estimate of drug-likeness (QED) is 0.196. The van der Waals surface area contributed by atoms with Crippen LogP contribution in [0.5, 0.6) is 0 Å². The third-order valence-corrected chi connectivity index (χ3v) is 8.69. The van der Waals surface area contributed by atoms with Crippen LogP contribution < -0.4 is 0 Å². The molecule has 210 valence electrons. The fourth-order valence-electron chi connectivity index (χ4n) is 6.65. The summed E-state index contributed by atoms with van der Waals surface area (Å²) in [5.41, 5.74) is 10.6. The topological polar surface area (TPSA) is 43.6 Å². The second-order valence-electron chi connectivity index (χ2n) is 11.3. The summed E-state index contributed by atoms with van der Waals surface area (Å²) >= 11 is 0. The number of benzene rings is 5. The molecular formula is C41H26N4. The van der Waals surface area contributed by atoms with Crippen molar-refractivity contribution in [2.75, 3.05) is 0 Å². The van der Waals surface area contributed by atoms with E-state index in [0.29, 0.717) is 0 Å². The van der Waals surface area contributed by atoms with Gasteiger partial charge in [0.05, 0.1) is 33.6 Å². The molecule has 0 saturated carbocycles. The summed E-state index contributed by atoms with van der Waals surface area (Å²) in [5, 5.41) is 6.02. The van der Waals surface area contributed by atoms with Crippen molar-refractivity contribution in [2.24, 2.45) is 0 Å². The highest BCUT2D eigenvalue weighted by Crippen LogP contribution is 2.42. The van der Waals surface area contributed by atoms with Crippen molar-refractivity contribution in [1.29, 1.82) is 0 Å². The molecule has 4 heterocycles. The van der Waals surface area contributed by atoms with Gasteiger partial charge in [-0.05, 0) is 54.6 Å². The van der Waals surface area contributed by atoms with E-state index in [4.69, 9.17) is 9.97 Å². The molecule has 0 aliphatic carbocycles. The van der Waals surface area contributed by atoms with E-state index in [9.17, 15) is 0 Å². The number of para-hydroxylation sites is 3. The van der Waals surface area contributed by atoms with Gasteiger partial charge >= 0.3 is 0 Å². The number of nitrogens with zero attached hydrogens (tertiary/aromatic N) is 4. The Morgan fingerprint density at radius 2 is 1.07 bits per heavy atom. The molecule has 4 nitrogen and oxygen atoms in total. The SMILES string of the molecule is c1ccc(-n2c3ccccc3c3c4c(ccc32)c(-c2ccc(-c3cccc(-c5ccncc5)n3)cc2)nc2ccccc24)cc1. The average molecular weight is 575 g/mol. The Labute approximate surface area is 259 Å². The smallest absolute Gasteiger partial charge is 0.0788 e. The van der Waals surface area contributed by atoms with E-state index < -0.39 is 0 Å². The molecule has 4 aromatic heterocycles. The van der Waals surface area contributed by atoms with E-state index in [1.54, 1.807) is 12.4 Å². The molecule has 0 radical (unpaired) electrons. The molecule has 0 bridgehead atoms. The fraction of sp³-hybridized carbons (Fsp3) is 0. The Balaban J connectivity index is 1.26. The zero-order valence-corrected chi connectivity index (χ0v) is 24.3. The summed E-state index contributed by atoms with van der Waals surface area (Å²) < 4.78 is 2.38. The van der Waals surface area contributed by atoms with Crippen LogP contribution in [0.2, 0.25) is 0 Å². The summed E-state index contributed by atoms with van der Waals surface area (Å²) in [5.74, 6) is 0. The predicted octanol–water partition coefficient (Wildman–Crippen LogP) is 10.3. The molecule has 0 aliphatic rings. The van der Waals surface area contributed by atoms with Crippen molar-refractivity contribution in [3.8, 4) is 39.5 Å². The van der Waals surface area contributed by atoms with Crippen LogP contribution in [0.4, 0.5) is 0 Å². The Kier molecular flexibility index (Phi) is 5.78. The van der Waals surface area contributed by atoms with Crippen molar-refractivity contribution in [3.63, 3.8) is 0 Å². The molecule has 4 heteroatoms. The van der Waals surface area contributed by atoms with Crippen molar-refractivity contribution in [2.45, 2.75) is 0 Å². The number of hydrogen-bond acceptors (Lipinski definition) is 3. The van der Waals surface area contributed by atoms with Crippen molar-refractivity contribution >= 4 is 43.5 Å². The van der Waals surface area contributed by atoms with Gasteiger partial charge < -0.3 is 4.57 Å². The number of pyridine rings is 3. The number of hydrogen-bond donors (Lipinski definition) is 0. The standard InChI is InChI=1S/C41H26N4/c1-2-9-30(10-3-1)45-37-16-7-5-12-32(37)40-38(45)22-21-33-39(40)31-11-4-6-13-36(31)44-41(33)29-19-17-27(18-20-29)34-14-8-15-35(43-34)28-23-25-42-26-24-28/h1-26H. The van der Waals surface area contributed by atoms with Crippen LogP contribution >= 0.6 is 0 Å². The molecule has 9 aromatic rings. The maximum absolute atomic E-state index is 5.25. The maximum atomic E-state index is 5.25. The van der Waals surface area contributed by atoms with Crippen molar-refractivity contribution in [1.82, 2.24) is 19.5 Å². The number of aromatic nitrogens is 4. The second kappa shape index (κ2) is 10.2. The van der Waals surface area contributed by atoms with Crippen LogP contribution in [0.3, 0.4) is 0 Å².